The minimum Gasteiger partial charge on any atom is -0.366 e. The quantitative estimate of drug-likeness (QED) is 0.453. The van der Waals surface area contributed by atoms with Crippen molar-refractivity contribution >= 4 is 12.2 Å². The number of hydrogen-bond donors (Lipinski definition) is 1. The van der Waals surface area contributed by atoms with Gasteiger partial charge in [-0.15, -0.1) is 0 Å². The van der Waals surface area contributed by atoms with Crippen LogP contribution in [0.2, 0.25) is 0 Å². The summed E-state index contributed by atoms with van der Waals surface area (Å²) in [6.07, 6.45) is 1.08. The maximum atomic E-state index is 6.87. The summed E-state index contributed by atoms with van der Waals surface area (Å²) in [7, 11) is 3.88. The van der Waals surface area contributed by atoms with Crippen molar-refractivity contribution < 1.29 is 0 Å². The van der Waals surface area contributed by atoms with Gasteiger partial charge in [-0.25, -0.2) is 4.99 Å². The number of rotatable bonds is 1. The summed E-state index contributed by atoms with van der Waals surface area (Å²) < 4.78 is 0. The highest BCUT2D eigenvalue weighted by Gasteiger charge is 2.19. The van der Waals surface area contributed by atoms with Gasteiger partial charge in [0.25, 0.3) is 0 Å². The molecule has 0 aliphatic carbocycles. The van der Waals surface area contributed by atoms with Crippen molar-refractivity contribution in [3.63, 3.8) is 0 Å². The highest BCUT2D eigenvalue weighted by molar-refractivity contribution is 5.91. The van der Waals surface area contributed by atoms with Crippen molar-refractivity contribution in [1.29, 1.82) is 5.41 Å². The molecule has 64 valence electrons. The van der Waals surface area contributed by atoms with Crippen molar-refractivity contribution in [3.8, 4) is 0 Å². The van der Waals surface area contributed by atoms with Gasteiger partial charge in [-0.05, 0) is 0 Å². The largest absolute Gasteiger partial charge is 0.366 e. The smallest absolute Gasteiger partial charge is 0.111 e. The lowest BCUT2D eigenvalue weighted by molar-refractivity contribution is 0.482. The molecule has 3 heteroatoms. The Morgan fingerprint density at radius 3 is 1.91 bits per heavy atom. The van der Waals surface area contributed by atoms with E-state index >= 15 is 0 Å². The molecule has 0 saturated carbocycles. The van der Waals surface area contributed by atoms with Crippen LogP contribution in [0.25, 0.3) is 0 Å². The van der Waals surface area contributed by atoms with Gasteiger partial charge in [-0.1, -0.05) is 20.8 Å². The van der Waals surface area contributed by atoms with E-state index in [0.717, 1.165) is 12.2 Å². The van der Waals surface area contributed by atoms with Crippen molar-refractivity contribution in [2.75, 3.05) is 14.1 Å². The molecule has 11 heavy (non-hydrogen) atoms. The minimum atomic E-state index is 0.0149. The Morgan fingerprint density at radius 1 is 1.36 bits per heavy atom. The molecule has 0 rings (SSSR count). The fourth-order valence-electron chi connectivity index (χ4n) is 1.04. The highest BCUT2D eigenvalue weighted by atomic mass is 15.1. The maximum absolute atomic E-state index is 6.87. The van der Waals surface area contributed by atoms with E-state index in [1.807, 2.05) is 19.0 Å². The average molecular weight is 155 g/mol. The molecule has 0 aromatic heterocycles. The van der Waals surface area contributed by atoms with Crippen LogP contribution >= 0.6 is 0 Å². The molecule has 0 aliphatic heterocycles. The standard InChI is InChI=1S/C8H17N3/c1-8(2,3)7(10-6-9)11(4)5/h6,9H,1-5H3. The lowest BCUT2D eigenvalue weighted by Crippen LogP contribution is -2.34. The normalized spacial score (nSPS) is 13.0. The Balaban J connectivity index is 4.62. The van der Waals surface area contributed by atoms with Gasteiger partial charge < -0.3 is 4.90 Å². The second kappa shape index (κ2) is 3.51. The van der Waals surface area contributed by atoms with Crippen LogP contribution in [0.15, 0.2) is 4.99 Å². The Bertz CT molecular complexity index is 163. The van der Waals surface area contributed by atoms with E-state index in [-0.39, 0.29) is 5.41 Å². The van der Waals surface area contributed by atoms with Gasteiger partial charge in [0.1, 0.15) is 12.2 Å². The van der Waals surface area contributed by atoms with Crippen molar-refractivity contribution in [1.82, 2.24) is 4.90 Å². The van der Waals surface area contributed by atoms with Crippen LogP contribution < -0.4 is 0 Å². The van der Waals surface area contributed by atoms with Gasteiger partial charge >= 0.3 is 0 Å². The first-order valence-corrected chi connectivity index (χ1v) is 3.64. The predicted molar refractivity (Wildman–Crippen MR) is 49.4 cm³/mol. The third-order valence-electron chi connectivity index (χ3n) is 1.28. The van der Waals surface area contributed by atoms with Crippen LogP contribution in [0, 0.1) is 10.8 Å². The van der Waals surface area contributed by atoms with E-state index in [1.165, 1.54) is 0 Å². The summed E-state index contributed by atoms with van der Waals surface area (Å²) in [6, 6.07) is 0. The molecule has 0 radical (unpaired) electrons. The molecule has 0 heterocycles. The molecule has 0 bridgehead atoms. The van der Waals surface area contributed by atoms with E-state index in [9.17, 15) is 0 Å². The average Bonchev–Trinajstić information content (AvgIpc) is 1.79. The molecule has 0 saturated heterocycles. The van der Waals surface area contributed by atoms with E-state index in [4.69, 9.17) is 5.41 Å². The number of hydrogen-bond acceptors (Lipinski definition) is 1. The fourth-order valence-corrected chi connectivity index (χ4v) is 1.04. The van der Waals surface area contributed by atoms with Crippen LogP contribution in [0.4, 0.5) is 0 Å². The second-order valence-corrected chi connectivity index (χ2v) is 3.73. The molecule has 0 unspecified atom stereocenters. The monoisotopic (exact) mass is 155 g/mol. The molecular weight excluding hydrogens is 138 g/mol. The van der Waals surface area contributed by atoms with Gasteiger partial charge in [-0.3, -0.25) is 5.41 Å². The highest BCUT2D eigenvalue weighted by Crippen LogP contribution is 2.16. The van der Waals surface area contributed by atoms with Crippen LogP contribution in [0.1, 0.15) is 20.8 Å². The van der Waals surface area contributed by atoms with Gasteiger partial charge in [0, 0.05) is 19.5 Å². The van der Waals surface area contributed by atoms with E-state index in [1.54, 1.807) is 0 Å². The summed E-state index contributed by atoms with van der Waals surface area (Å²) in [5, 5.41) is 6.87. The summed E-state index contributed by atoms with van der Waals surface area (Å²) in [4.78, 5) is 5.91. The van der Waals surface area contributed by atoms with Crippen molar-refractivity contribution in [3.05, 3.63) is 0 Å². The summed E-state index contributed by atoms with van der Waals surface area (Å²) in [6.45, 7) is 6.24. The zero-order valence-corrected chi connectivity index (χ0v) is 7.97. The molecule has 0 fully saturated rings. The molecule has 0 aromatic carbocycles. The van der Waals surface area contributed by atoms with Gasteiger partial charge in [-0.2, -0.15) is 0 Å². The molecule has 1 N–H and O–H groups in total. The minimum absolute atomic E-state index is 0.0149. The Morgan fingerprint density at radius 2 is 1.82 bits per heavy atom. The van der Waals surface area contributed by atoms with E-state index in [0.29, 0.717) is 0 Å². The Kier molecular flexibility index (Phi) is 3.23. The topological polar surface area (TPSA) is 39.5 Å². The van der Waals surface area contributed by atoms with Crippen LogP contribution in [-0.2, 0) is 0 Å². The number of nitrogens with zero attached hydrogens (tertiary/aromatic N) is 2. The Labute approximate surface area is 68.6 Å². The second-order valence-electron chi connectivity index (χ2n) is 3.73. The van der Waals surface area contributed by atoms with Gasteiger partial charge in [0.2, 0.25) is 0 Å². The lowest BCUT2D eigenvalue weighted by atomic mass is 9.94. The first-order chi connectivity index (χ1) is 4.89. The van der Waals surface area contributed by atoms with Crippen molar-refractivity contribution in [2.45, 2.75) is 20.8 Å². The summed E-state index contributed by atoms with van der Waals surface area (Å²) >= 11 is 0. The van der Waals surface area contributed by atoms with Gasteiger partial charge in [0.05, 0.1) is 0 Å². The fraction of sp³-hybridized carbons (Fsp3) is 0.750. The van der Waals surface area contributed by atoms with Crippen LogP contribution in [0.3, 0.4) is 0 Å². The maximum Gasteiger partial charge on any atom is 0.111 e. The summed E-state index contributed by atoms with van der Waals surface area (Å²) in [5.41, 5.74) is 0.0149. The lowest BCUT2D eigenvalue weighted by Gasteiger charge is -2.26. The van der Waals surface area contributed by atoms with Crippen molar-refractivity contribution in [2.24, 2.45) is 10.4 Å². The van der Waals surface area contributed by atoms with E-state index < -0.39 is 0 Å². The van der Waals surface area contributed by atoms with Crippen LogP contribution in [-0.4, -0.2) is 31.2 Å². The molecule has 0 aliphatic rings. The zero-order valence-electron chi connectivity index (χ0n) is 7.97. The molecule has 0 spiro atoms. The first-order valence-electron chi connectivity index (χ1n) is 3.64. The molecule has 0 amide bonds. The first kappa shape index (κ1) is 10.1. The molecule has 3 nitrogen and oxygen atoms in total. The third-order valence-corrected chi connectivity index (χ3v) is 1.28. The SMILES string of the molecule is CN(C)C(=NC=N)C(C)(C)C. The zero-order chi connectivity index (χ0) is 9.07. The van der Waals surface area contributed by atoms with E-state index in [2.05, 4.69) is 25.8 Å². The number of amidine groups is 1. The molecular formula is C8H17N3. The number of nitrogens with one attached hydrogen (secondary N) is 1. The van der Waals surface area contributed by atoms with Gasteiger partial charge in [0.15, 0.2) is 0 Å². The predicted octanol–water partition coefficient (Wildman–Crippen LogP) is 1.60. The third kappa shape index (κ3) is 3.16. The Hall–Kier alpha value is -0.860. The summed E-state index contributed by atoms with van der Waals surface area (Å²) in [5.74, 6) is 0.924. The molecule has 0 atom stereocenters. The number of aliphatic imine (C=N–C) groups is 1. The molecule has 0 aromatic rings. The van der Waals surface area contributed by atoms with Crippen LogP contribution in [0.5, 0.6) is 0 Å².